The molecule has 2 nitrogen and oxygen atoms in total. The van der Waals surface area contributed by atoms with Crippen molar-refractivity contribution < 1.29 is 9.84 Å². The molecule has 0 amide bonds. The van der Waals surface area contributed by atoms with Gasteiger partial charge in [-0.3, -0.25) is 0 Å². The lowest BCUT2D eigenvalue weighted by atomic mass is 9.84. The zero-order chi connectivity index (χ0) is 23.7. The van der Waals surface area contributed by atoms with Crippen LogP contribution < -0.4 is 4.74 Å². The molecule has 4 aromatic carbocycles. The van der Waals surface area contributed by atoms with Crippen molar-refractivity contribution in [3.63, 3.8) is 0 Å². The van der Waals surface area contributed by atoms with Gasteiger partial charge < -0.3 is 9.84 Å². The second-order valence-corrected chi connectivity index (χ2v) is 9.23. The van der Waals surface area contributed by atoms with E-state index in [2.05, 4.69) is 99.6 Å². The van der Waals surface area contributed by atoms with E-state index < -0.39 is 5.60 Å². The molecule has 0 bridgehead atoms. The van der Waals surface area contributed by atoms with Crippen molar-refractivity contribution >= 4 is 16.7 Å². The van der Waals surface area contributed by atoms with E-state index in [-0.39, 0.29) is 5.75 Å². The maximum atomic E-state index is 9.71. The largest absolute Gasteiger partial charge is 0.508 e. The van der Waals surface area contributed by atoms with Crippen LogP contribution in [0.15, 0.2) is 109 Å². The number of phenols is 1. The number of hydrogen-bond donors (Lipinski definition) is 1. The fourth-order valence-electron chi connectivity index (χ4n) is 4.72. The Morgan fingerprint density at radius 2 is 1.32 bits per heavy atom. The third-order valence-electron chi connectivity index (χ3n) is 6.30. The summed E-state index contributed by atoms with van der Waals surface area (Å²) in [6.45, 7) is 6.32. The van der Waals surface area contributed by atoms with Crippen molar-refractivity contribution in [2.45, 2.75) is 26.4 Å². The van der Waals surface area contributed by atoms with E-state index in [0.717, 1.165) is 11.1 Å². The zero-order valence-electron chi connectivity index (χ0n) is 19.7. The third-order valence-corrected chi connectivity index (χ3v) is 6.30. The molecule has 1 aliphatic rings. The van der Waals surface area contributed by atoms with E-state index in [1.807, 2.05) is 18.2 Å². The molecule has 0 spiro atoms. The Bertz CT molecular complexity index is 1370. The number of phenolic OH excluding ortho intramolecular Hbond substituents is 1. The van der Waals surface area contributed by atoms with Crippen LogP contribution in [-0.4, -0.2) is 10.7 Å². The first-order valence-electron chi connectivity index (χ1n) is 11.6. The number of rotatable bonds is 5. The van der Waals surface area contributed by atoms with Gasteiger partial charge in [0.2, 0.25) is 0 Å². The smallest absolute Gasteiger partial charge is 0.130 e. The second-order valence-electron chi connectivity index (χ2n) is 9.23. The lowest BCUT2D eigenvalue weighted by Gasteiger charge is -2.31. The summed E-state index contributed by atoms with van der Waals surface area (Å²) in [5.74, 6) is 0.939. The normalized spacial score (nSPS) is 14.4. The summed E-state index contributed by atoms with van der Waals surface area (Å²) in [5, 5.41) is 9.71. The molecule has 4 aromatic rings. The minimum atomic E-state index is -0.642. The number of aromatic hydroxyl groups is 1. The highest BCUT2D eigenvalue weighted by atomic mass is 16.5. The molecule has 0 heterocycles. The van der Waals surface area contributed by atoms with Crippen LogP contribution in [-0.2, 0) is 0 Å². The van der Waals surface area contributed by atoms with Gasteiger partial charge in [0.05, 0.1) is 0 Å². The Morgan fingerprint density at radius 1 is 0.706 bits per heavy atom. The van der Waals surface area contributed by atoms with Gasteiger partial charge in [-0.25, -0.2) is 0 Å². The van der Waals surface area contributed by atoms with E-state index >= 15 is 0 Å². The molecule has 0 atom stereocenters. The number of aryl methyl sites for hydroxylation is 1. The SMILES string of the molecule is Cc1ccc(/C(=C2/C=C(c3ccccc3)c3ccccc32)C(C)(C)Oc2ccc(O)cc2)cc1. The van der Waals surface area contributed by atoms with Gasteiger partial charge in [0.25, 0.3) is 0 Å². The molecule has 1 aliphatic carbocycles. The highest BCUT2D eigenvalue weighted by Crippen LogP contribution is 2.46. The van der Waals surface area contributed by atoms with Crippen LogP contribution in [0, 0.1) is 6.92 Å². The summed E-state index contributed by atoms with van der Waals surface area (Å²) in [6, 6.07) is 34.7. The molecule has 0 aliphatic heterocycles. The molecular weight excluding hydrogens is 416 g/mol. The van der Waals surface area contributed by atoms with Crippen molar-refractivity contribution in [2.75, 3.05) is 0 Å². The summed E-state index contributed by atoms with van der Waals surface area (Å²) < 4.78 is 6.57. The molecule has 1 N–H and O–H groups in total. The quantitative estimate of drug-likeness (QED) is 0.339. The molecule has 0 aromatic heterocycles. The predicted octanol–water partition coefficient (Wildman–Crippen LogP) is 7.91. The van der Waals surface area contributed by atoms with Crippen molar-refractivity contribution in [1.82, 2.24) is 0 Å². The fraction of sp³-hybridized carbons (Fsp3) is 0.125. The van der Waals surface area contributed by atoms with Crippen LogP contribution >= 0.6 is 0 Å². The van der Waals surface area contributed by atoms with Gasteiger partial charge in [-0.2, -0.15) is 0 Å². The lowest BCUT2D eigenvalue weighted by molar-refractivity contribution is 0.173. The molecule has 0 fully saturated rings. The number of fused-ring (bicyclic) bond motifs is 1. The van der Waals surface area contributed by atoms with Gasteiger partial charge in [0.15, 0.2) is 0 Å². The number of benzene rings is 4. The Hall–Kier alpha value is -4.04. The maximum Gasteiger partial charge on any atom is 0.130 e. The van der Waals surface area contributed by atoms with Crippen molar-refractivity contribution in [3.05, 3.63) is 137 Å². The van der Waals surface area contributed by atoms with Crippen molar-refractivity contribution in [2.24, 2.45) is 0 Å². The average molecular weight is 445 g/mol. The molecule has 34 heavy (non-hydrogen) atoms. The van der Waals surface area contributed by atoms with Gasteiger partial charge in [0.1, 0.15) is 17.1 Å². The van der Waals surface area contributed by atoms with Crippen molar-refractivity contribution in [3.8, 4) is 11.5 Å². The van der Waals surface area contributed by atoms with Crippen molar-refractivity contribution in [1.29, 1.82) is 0 Å². The first-order valence-corrected chi connectivity index (χ1v) is 11.6. The molecule has 0 unspecified atom stereocenters. The predicted molar refractivity (Wildman–Crippen MR) is 141 cm³/mol. The summed E-state index contributed by atoms with van der Waals surface area (Å²) >= 11 is 0. The monoisotopic (exact) mass is 444 g/mol. The van der Waals surface area contributed by atoms with Gasteiger partial charge in [-0.05, 0) is 84.5 Å². The summed E-state index contributed by atoms with van der Waals surface area (Å²) in [7, 11) is 0. The van der Waals surface area contributed by atoms with Crippen LogP contribution in [0.5, 0.6) is 11.5 Å². The highest BCUT2D eigenvalue weighted by Gasteiger charge is 2.33. The fourth-order valence-corrected chi connectivity index (χ4v) is 4.72. The Morgan fingerprint density at radius 3 is 2.00 bits per heavy atom. The molecule has 0 radical (unpaired) electrons. The summed E-state index contributed by atoms with van der Waals surface area (Å²) in [4.78, 5) is 0. The molecule has 0 saturated carbocycles. The van der Waals surface area contributed by atoms with Gasteiger partial charge in [0, 0.05) is 5.57 Å². The maximum absolute atomic E-state index is 9.71. The Kier molecular flexibility index (Phi) is 5.59. The minimum absolute atomic E-state index is 0.224. The lowest BCUT2D eigenvalue weighted by Crippen LogP contribution is -2.30. The molecule has 0 saturated heterocycles. The molecule has 5 rings (SSSR count). The summed E-state index contributed by atoms with van der Waals surface area (Å²) in [6.07, 6.45) is 2.30. The Labute approximate surface area is 201 Å². The van der Waals surface area contributed by atoms with E-state index in [1.165, 1.54) is 33.4 Å². The zero-order valence-corrected chi connectivity index (χ0v) is 19.7. The number of ether oxygens (including phenoxy) is 1. The van der Waals surface area contributed by atoms with Crippen LogP contribution in [0.25, 0.3) is 16.7 Å². The molecule has 168 valence electrons. The number of allylic oxidation sites excluding steroid dienone is 2. The minimum Gasteiger partial charge on any atom is -0.508 e. The van der Waals surface area contributed by atoms with E-state index in [0.29, 0.717) is 5.75 Å². The first-order chi connectivity index (χ1) is 16.4. The average Bonchev–Trinajstić information content (AvgIpc) is 3.21. The molecular formula is C32H28O2. The van der Waals surface area contributed by atoms with Crippen LogP contribution in [0.1, 0.15) is 41.7 Å². The van der Waals surface area contributed by atoms with Crippen LogP contribution in [0.2, 0.25) is 0 Å². The Balaban J connectivity index is 1.74. The summed E-state index contributed by atoms with van der Waals surface area (Å²) in [5.41, 5.74) is 8.86. The van der Waals surface area contributed by atoms with E-state index in [9.17, 15) is 5.11 Å². The van der Waals surface area contributed by atoms with Gasteiger partial charge in [-0.1, -0.05) is 84.4 Å². The van der Waals surface area contributed by atoms with E-state index in [4.69, 9.17) is 4.74 Å². The standard InChI is InChI=1S/C32H28O2/c1-22-13-15-24(16-14-22)31(32(2,3)34-26-19-17-25(33)18-20-26)30-21-29(23-9-5-4-6-10-23)27-11-7-8-12-28(27)30/h4-21,33H,1-3H3/b31-30+. The second kappa shape index (κ2) is 8.72. The van der Waals surface area contributed by atoms with Gasteiger partial charge in [-0.15, -0.1) is 0 Å². The first kappa shape index (κ1) is 21.8. The van der Waals surface area contributed by atoms with E-state index in [1.54, 1.807) is 12.1 Å². The number of hydrogen-bond acceptors (Lipinski definition) is 2. The van der Waals surface area contributed by atoms with Gasteiger partial charge >= 0.3 is 0 Å². The van der Waals surface area contributed by atoms with Crippen LogP contribution in [0.4, 0.5) is 0 Å². The molecule has 2 heteroatoms. The van der Waals surface area contributed by atoms with Crippen LogP contribution in [0.3, 0.4) is 0 Å². The third kappa shape index (κ3) is 4.15. The highest BCUT2D eigenvalue weighted by molar-refractivity contribution is 6.10. The topological polar surface area (TPSA) is 29.5 Å².